The number of hydrogen-bond acceptors (Lipinski definition) is 6. The summed E-state index contributed by atoms with van der Waals surface area (Å²) in [5.41, 5.74) is 4.99. The minimum absolute atomic E-state index is 0.0746. The first-order valence-corrected chi connectivity index (χ1v) is 14.3. The predicted octanol–water partition coefficient (Wildman–Crippen LogP) is 4.53. The fraction of sp³-hybridized carbons (Fsp3) is 0.567. The molecule has 38 heavy (non-hydrogen) atoms. The van der Waals surface area contributed by atoms with Gasteiger partial charge in [0.15, 0.2) is 6.61 Å². The Balaban J connectivity index is 1.25. The van der Waals surface area contributed by atoms with E-state index in [9.17, 15) is 4.79 Å². The summed E-state index contributed by atoms with van der Waals surface area (Å²) in [6, 6.07) is 11.3. The molecular formula is C30H41ClN4O3. The van der Waals surface area contributed by atoms with E-state index in [1.165, 1.54) is 36.1 Å². The number of piperazine rings is 2. The number of fused-ring (bicyclic) bond motifs is 1. The van der Waals surface area contributed by atoms with Gasteiger partial charge in [0, 0.05) is 69.7 Å². The highest BCUT2D eigenvalue weighted by atomic mass is 35.5. The average molecular weight is 541 g/mol. The molecular weight excluding hydrogens is 500 g/mol. The molecule has 0 bridgehead atoms. The lowest BCUT2D eigenvalue weighted by Crippen LogP contribution is -2.56. The smallest absolute Gasteiger partial charge is 0.260 e. The lowest BCUT2D eigenvalue weighted by Gasteiger charge is -2.49. The number of likely N-dealkylation sites (N-methyl/N-ethyl adjacent to an activating group) is 1. The lowest BCUT2D eigenvalue weighted by atomic mass is 9.86. The van der Waals surface area contributed by atoms with Crippen molar-refractivity contribution in [3.8, 4) is 11.5 Å². The molecule has 5 rings (SSSR count). The summed E-state index contributed by atoms with van der Waals surface area (Å²) in [5, 5.41) is 0.648. The molecule has 0 spiro atoms. The molecule has 206 valence electrons. The molecule has 3 aliphatic rings. The number of carbonyl (C=O) groups is 1. The van der Waals surface area contributed by atoms with Gasteiger partial charge >= 0.3 is 0 Å². The summed E-state index contributed by atoms with van der Waals surface area (Å²) >= 11 is 6.27. The van der Waals surface area contributed by atoms with E-state index in [2.05, 4.69) is 59.9 Å². The Bertz CT molecular complexity index is 1150. The molecule has 2 aromatic rings. The zero-order chi connectivity index (χ0) is 26.8. The molecule has 3 aliphatic heterocycles. The lowest BCUT2D eigenvalue weighted by molar-refractivity contribution is -0.134. The Morgan fingerprint density at radius 1 is 0.974 bits per heavy atom. The van der Waals surface area contributed by atoms with E-state index in [4.69, 9.17) is 21.1 Å². The fourth-order valence-corrected chi connectivity index (χ4v) is 6.48. The van der Waals surface area contributed by atoms with Crippen LogP contribution in [0.15, 0.2) is 30.3 Å². The van der Waals surface area contributed by atoms with E-state index in [-0.39, 0.29) is 12.5 Å². The number of halogens is 1. The molecule has 2 aromatic carbocycles. The number of nitrogens with zero attached hydrogens (tertiary/aromatic N) is 4. The number of amides is 1. The monoisotopic (exact) mass is 540 g/mol. The Labute approximate surface area is 232 Å². The molecule has 0 saturated carbocycles. The van der Waals surface area contributed by atoms with Crippen LogP contribution in [0, 0.1) is 13.8 Å². The van der Waals surface area contributed by atoms with E-state index < -0.39 is 0 Å². The first-order valence-electron chi connectivity index (χ1n) is 13.9. The van der Waals surface area contributed by atoms with Crippen molar-refractivity contribution in [1.82, 2.24) is 14.7 Å². The minimum atomic E-state index is 0.0746. The third-order valence-electron chi connectivity index (χ3n) is 8.79. The molecule has 8 heteroatoms. The Morgan fingerprint density at radius 3 is 2.53 bits per heavy atom. The molecule has 3 heterocycles. The largest absolute Gasteiger partial charge is 0.495 e. The molecule has 0 aromatic heterocycles. The summed E-state index contributed by atoms with van der Waals surface area (Å²) in [6.45, 7) is 10.8. The molecule has 1 unspecified atom stereocenters. The number of methoxy groups -OCH3 is 1. The van der Waals surface area contributed by atoms with Crippen molar-refractivity contribution < 1.29 is 14.3 Å². The quantitative estimate of drug-likeness (QED) is 0.536. The zero-order valence-corrected chi connectivity index (χ0v) is 24.0. The number of ether oxygens (including phenoxy) is 2. The van der Waals surface area contributed by atoms with Gasteiger partial charge in [0.1, 0.15) is 11.5 Å². The maximum absolute atomic E-state index is 12.7. The molecule has 3 saturated heterocycles. The Kier molecular flexibility index (Phi) is 8.36. The van der Waals surface area contributed by atoms with Crippen LogP contribution in [0.1, 0.15) is 42.0 Å². The number of benzene rings is 2. The van der Waals surface area contributed by atoms with Crippen LogP contribution < -0.4 is 14.4 Å². The highest BCUT2D eigenvalue weighted by Crippen LogP contribution is 2.40. The number of rotatable bonds is 6. The van der Waals surface area contributed by atoms with Gasteiger partial charge in [-0.1, -0.05) is 17.7 Å². The topological polar surface area (TPSA) is 48.5 Å². The van der Waals surface area contributed by atoms with Crippen LogP contribution in [0.3, 0.4) is 0 Å². The van der Waals surface area contributed by atoms with Crippen LogP contribution in [-0.4, -0.2) is 93.2 Å². The first kappa shape index (κ1) is 27.1. The maximum atomic E-state index is 12.7. The predicted molar refractivity (Wildman–Crippen MR) is 153 cm³/mol. The van der Waals surface area contributed by atoms with E-state index >= 15 is 0 Å². The van der Waals surface area contributed by atoms with Crippen molar-refractivity contribution in [2.24, 2.45) is 0 Å². The van der Waals surface area contributed by atoms with Gasteiger partial charge in [-0.25, -0.2) is 0 Å². The summed E-state index contributed by atoms with van der Waals surface area (Å²) in [7, 11) is 3.76. The molecule has 1 amide bonds. The number of piperidine rings is 1. The molecule has 0 N–H and O–H groups in total. The van der Waals surface area contributed by atoms with Crippen LogP contribution in [0.25, 0.3) is 0 Å². The van der Waals surface area contributed by atoms with E-state index in [0.717, 1.165) is 62.9 Å². The van der Waals surface area contributed by atoms with Crippen molar-refractivity contribution >= 4 is 23.2 Å². The second kappa shape index (κ2) is 11.7. The zero-order valence-electron chi connectivity index (χ0n) is 23.2. The fourth-order valence-electron chi connectivity index (χ4n) is 6.28. The highest BCUT2D eigenvalue weighted by Gasteiger charge is 2.36. The minimum Gasteiger partial charge on any atom is -0.495 e. The van der Waals surface area contributed by atoms with Gasteiger partial charge in [0.05, 0.1) is 12.1 Å². The van der Waals surface area contributed by atoms with Crippen molar-refractivity contribution in [2.45, 2.75) is 45.2 Å². The number of hydrogen-bond donors (Lipinski definition) is 0. The van der Waals surface area contributed by atoms with Gasteiger partial charge in [-0.15, -0.1) is 0 Å². The highest BCUT2D eigenvalue weighted by molar-refractivity contribution is 6.32. The van der Waals surface area contributed by atoms with Crippen LogP contribution in [0.5, 0.6) is 11.5 Å². The van der Waals surface area contributed by atoms with Gasteiger partial charge in [-0.3, -0.25) is 9.69 Å². The van der Waals surface area contributed by atoms with Crippen LogP contribution in [-0.2, 0) is 4.79 Å². The Morgan fingerprint density at radius 2 is 1.76 bits per heavy atom. The maximum Gasteiger partial charge on any atom is 0.260 e. The van der Waals surface area contributed by atoms with Crippen molar-refractivity contribution in [2.75, 3.05) is 71.5 Å². The third kappa shape index (κ3) is 5.61. The average Bonchev–Trinajstić information content (AvgIpc) is 2.94. The van der Waals surface area contributed by atoms with Crippen molar-refractivity contribution in [3.63, 3.8) is 0 Å². The van der Waals surface area contributed by atoms with Gasteiger partial charge in [0.25, 0.3) is 5.91 Å². The molecule has 0 radical (unpaired) electrons. The standard InChI is InChI=1S/C30H41ClN4O3/c1-21-22(2)28(38-20-30(36)33-14-12-32(3)13-15-33)11-9-25(21)27-7-5-6-24-19-34(16-17-35(24)27)23-8-10-26(31)29(18-23)37-4/h8-11,18,24,27H,5-7,12-17,19-20H2,1-4H3/t24?,27-/m1/s1. The van der Waals surface area contributed by atoms with Crippen molar-refractivity contribution in [1.29, 1.82) is 0 Å². The van der Waals surface area contributed by atoms with Gasteiger partial charge < -0.3 is 24.2 Å². The summed E-state index contributed by atoms with van der Waals surface area (Å²) in [6.07, 6.45) is 3.61. The molecule has 7 nitrogen and oxygen atoms in total. The normalized spacial score (nSPS) is 22.8. The molecule has 0 aliphatic carbocycles. The second-order valence-corrected chi connectivity index (χ2v) is 11.4. The van der Waals surface area contributed by atoms with E-state index in [0.29, 0.717) is 17.1 Å². The van der Waals surface area contributed by atoms with Gasteiger partial charge in [-0.2, -0.15) is 0 Å². The summed E-state index contributed by atoms with van der Waals surface area (Å²) in [5.74, 6) is 1.62. The SMILES string of the molecule is COc1cc(N2CCN3C(CCC[C@@H]3c3ccc(OCC(=O)N4CCN(C)CC4)c(C)c3C)C2)ccc1Cl. The first-order chi connectivity index (χ1) is 18.4. The molecule has 2 atom stereocenters. The summed E-state index contributed by atoms with van der Waals surface area (Å²) < 4.78 is 11.5. The number of carbonyl (C=O) groups excluding carboxylic acids is 1. The van der Waals surface area contributed by atoms with Crippen molar-refractivity contribution in [3.05, 3.63) is 52.0 Å². The third-order valence-corrected chi connectivity index (χ3v) is 9.10. The van der Waals surface area contributed by atoms with Crippen LogP contribution in [0.4, 0.5) is 5.69 Å². The second-order valence-electron chi connectivity index (χ2n) is 11.0. The summed E-state index contributed by atoms with van der Waals surface area (Å²) in [4.78, 5) is 22.0. The van der Waals surface area contributed by atoms with Gasteiger partial charge in [-0.05, 0) is 75.0 Å². The Hall–Kier alpha value is -2.48. The van der Waals surface area contributed by atoms with E-state index in [1.54, 1.807) is 7.11 Å². The number of anilines is 1. The van der Waals surface area contributed by atoms with Crippen LogP contribution in [0.2, 0.25) is 5.02 Å². The van der Waals surface area contributed by atoms with E-state index in [1.807, 2.05) is 11.0 Å². The van der Waals surface area contributed by atoms with Gasteiger partial charge in [0.2, 0.25) is 0 Å². The van der Waals surface area contributed by atoms with Crippen LogP contribution >= 0.6 is 11.6 Å². The molecule has 3 fully saturated rings.